The number of carbonyl (C=O) groups excluding carboxylic acids is 1. The minimum absolute atomic E-state index is 0.238. The summed E-state index contributed by atoms with van der Waals surface area (Å²) < 4.78 is 21.7. The second-order valence-corrected chi connectivity index (χ2v) is 11.1. The van der Waals surface area contributed by atoms with E-state index in [9.17, 15) is 19.6 Å². The van der Waals surface area contributed by atoms with Crippen LogP contribution < -0.4 is 5.32 Å². The lowest BCUT2D eigenvalue weighted by Crippen LogP contribution is -2.65. The molecule has 0 saturated carbocycles. The normalized spacial score (nSPS) is 36.9. The van der Waals surface area contributed by atoms with E-state index in [-0.39, 0.29) is 11.9 Å². The Labute approximate surface area is 192 Å². The van der Waals surface area contributed by atoms with Gasteiger partial charge in [-0.05, 0) is 39.0 Å². The first-order valence-electron chi connectivity index (χ1n) is 10.3. The fourth-order valence-electron chi connectivity index (χ4n) is 4.37. The van der Waals surface area contributed by atoms with E-state index >= 15 is 0 Å². The number of aliphatic hydroxyl groups excluding tert-OH is 2. The van der Waals surface area contributed by atoms with Crippen molar-refractivity contribution in [1.82, 2.24) is 10.2 Å². The Kier molecular flexibility index (Phi) is 10.1. The van der Waals surface area contributed by atoms with E-state index < -0.39 is 49.1 Å². The van der Waals surface area contributed by atoms with Gasteiger partial charge in [0.1, 0.15) is 29.9 Å². The smallest absolute Gasteiger partial charge is 0.388 e. The number of hydrogen-bond acceptors (Lipinski definition) is 8. The first kappa shape index (κ1) is 27.3. The van der Waals surface area contributed by atoms with Crippen molar-refractivity contribution in [3.8, 4) is 0 Å². The highest BCUT2D eigenvalue weighted by molar-refractivity contribution is 7.99. The van der Waals surface area contributed by atoms with Gasteiger partial charge < -0.3 is 30.1 Å². The van der Waals surface area contributed by atoms with Crippen LogP contribution in [-0.2, 0) is 18.6 Å². The lowest BCUT2D eigenvalue weighted by molar-refractivity contribution is -0.201. The average molecular weight is 505 g/mol. The van der Waals surface area contributed by atoms with Crippen molar-refractivity contribution in [2.45, 2.75) is 80.4 Å². The molecule has 13 heteroatoms. The summed E-state index contributed by atoms with van der Waals surface area (Å²) in [6.45, 7) is 4.57. The van der Waals surface area contributed by atoms with Crippen molar-refractivity contribution >= 4 is 37.1 Å². The number of phosphoric acid groups is 1. The first-order chi connectivity index (χ1) is 14.4. The minimum atomic E-state index is -4.93. The van der Waals surface area contributed by atoms with Crippen LogP contribution in [-0.4, -0.2) is 98.0 Å². The van der Waals surface area contributed by atoms with Gasteiger partial charge in [-0.2, -0.15) is 0 Å². The third kappa shape index (κ3) is 7.02. The molecule has 31 heavy (non-hydrogen) atoms. The maximum atomic E-state index is 13.0. The van der Waals surface area contributed by atoms with Gasteiger partial charge in [-0.1, -0.05) is 13.3 Å². The molecule has 5 N–H and O–H groups in total. The Balaban J connectivity index is 2.15. The van der Waals surface area contributed by atoms with Crippen molar-refractivity contribution in [3.63, 3.8) is 0 Å². The number of halogens is 1. The highest BCUT2D eigenvalue weighted by atomic mass is 35.5. The van der Waals surface area contributed by atoms with Crippen LogP contribution in [0.25, 0.3) is 0 Å². The number of carbonyl (C=O) groups is 1. The second kappa shape index (κ2) is 11.5. The van der Waals surface area contributed by atoms with Crippen LogP contribution in [0, 0.1) is 5.92 Å². The highest BCUT2D eigenvalue weighted by Crippen LogP contribution is 2.43. The number of rotatable bonds is 9. The number of likely N-dealkylation sites (N-methyl/N-ethyl adjacent to an activating group) is 1. The SMILES string of the molecule is CCC[C@@H]1C[C@@H](C(=O)NC(C2O[C@H](SC)C(OP(=O)(O)O)[C@H](O)[C@H]2O)[C@H](C)Cl)N(C)C1. The summed E-state index contributed by atoms with van der Waals surface area (Å²) in [5.41, 5.74) is -0.992. The third-order valence-corrected chi connectivity index (χ3v) is 7.50. The fourth-order valence-corrected chi connectivity index (χ4v) is 5.93. The van der Waals surface area contributed by atoms with E-state index in [0.717, 1.165) is 37.6 Å². The third-order valence-electron chi connectivity index (χ3n) is 5.87. The van der Waals surface area contributed by atoms with Crippen LogP contribution in [0.4, 0.5) is 0 Å². The van der Waals surface area contributed by atoms with E-state index in [4.69, 9.17) is 26.1 Å². The maximum absolute atomic E-state index is 13.0. The minimum Gasteiger partial charge on any atom is -0.388 e. The molecule has 2 heterocycles. The Morgan fingerprint density at radius 3 is 2.55 bits per heavy atom. The predicted octanol–water partition coefficient (Wildman–Crippen LogP) is 0.506. The number of phosphoric ester groups is 1. The number of nitrogens with one attached hydrogen (secondary N) is 1. The molecule has 0 aromatic rings. The largest absolute Gasteiger partial charge is 0.470 e. The van der Waals surface area contributed by atoms with Crippen LogP contribution in [0.2, 0.25) is 0 Å². The second-order valence-electron chi connectivity index (χ2n) is 8.30. The summed E-state index contributed by atoms with van der Waals surface area (Å²) in [5, 5.41) is 23.4. The summed E-state index contributed by atoms with van der Waals surface area (Å²) in [7, 11) is -3.04. The van der Waals surface area contributed by atoms with E-state index in [1.807, 2.05) is 11.9 Å². The van der Waals surface area contributed by atoms with E-state index in [1.165, 1.54) is 0 Å². The molecule has 182 valence electrons. The van der Waals surface area contributed by atoms with Gasteiger partial charge in [-0.25, -0.2) is 4.57 Å². The molecular weight excluding hydrogens is 471 g/mol. The van der Waals surface area contributed by atoms with Gasteiger partial charge in [0.2, 0.25) is 5.91 Å². The number of aliphatic hydroxyl groups is 2. The van der Waals surface area contributed by atoms with E-state index in [1.54, 1.807) is 13.2 Å². The van der Waals surface area contributed by atoms with Gasteiger partial charge in [0, 0.05) is 6.54 Å². The Bertz CT molecular complexity index is 654. The topological polar surface area (TPSA) is 149 Å². The quantitative estimate of drug-likeness (QED) is 0.222. The van der Waals surface area contributed by atoms with Crippen molar-refractivity contribution in [3.05, 3.63) is 0 Å². The van der Waals surface area contributed by atoms with Gasteiger partial charge in [0.25, 0.3) is 0 Å². The Hall–Kier alpha value is 0.0600. The predicted molar refractivity (Wildman–Crippen MR) is 118 cm³/mol. The number of likely N-dealkylation sites (tertiary alicyclic amines) is 1. The fraction of sp³-hybridized carbons (Fsp3) is 0.944. The molecule has 0 bridgehead atoms. The number of nitrogens with zero attached hydrogens (tertiary/aromatic N) is 1. The first-order valence-corrected chi connectivity index (χ1v) is 13.6. The van der Waals surface area contributed by atoms with Crippen LogP contribution in [0.15, 0.2) is 0 Å². The molecule has 0 spiro atoms. The molecule has 0 aliphatic carbocycles. The van der Waals surface area contributed by atoms with E-state index in [0.29, 0.717) is 5.92 Å². The zero-order valence-electron chi connectivity index (χ0n) is 18.1. The number of amides is 1. The van der Waals surface area contributed by atoms with Crippen molar-refractivity contribution in [2.75, 3.05) is 19.8 Å². The van der Waals surface area contributed by atoms with Gasteiger partial charge in [-0.3, -0.25) is 14.2 Å². The molecule has 2 rings (SSSR count). The molecule has 2 aliphatic heterocycles. The van der Waals surface area contributed by atoms with Gasteiger partial charge in [0.05, 0.1) is 17.5 Å². The summed E-state index contributed by atoms with van der Waals surface area (Å²) in [6, 6.07) is -1.18. The van der Waals surface area contributed by atoms with Gasteiger partial charge in [0.15, 0.2) is 0 Å². The highest BCUT2D eigenvalue weighted by Gasteiger charge is 2.51. The standard InChI is InChI=1S/C18H34ClN2O8PS/c1-5-6-10-7-11(21(3)8-10)17(24)20-12(9(2)19)15-13(22)14(23)16(18(28-15)31-4)29-30(25,26)27/h9-16,18,22-23H,5-8H2,1-4H3,(H,20,24)(H2,25,26,27)/t9-,10+,11-,12?,13+,14+,15?,16?,18+/m0/s1. The number of alkyl halides is 1. The molecule has 10 nitrogen and oxygen atoms in total. The molecule has 2 aliphatic rings. The van der Waals surface area contributed by atoms with E-state index in [2.05, 4.69) is 16.8 Å². The zero-order valence-corrected chi connectivity index (χ0v) is 20.6. The monoisotopic (exact) mass is 504 g/mol. The molecule has 1 amide bonds. The van der Waals surface area contributed by atoms with Crippen LogP contribution in [0.1, 0.15) is 33.1 Å². The molecular formula is C18H34ClN2O8PS. The van der Waals surface area contributed by atoms with Crippen molar-refractivity contribution < 1.29 is 38.6 Å². The Morgan fingerprint density at radius 1 is 1.39 bits per heavy atom. The molecule has 0 radical (unpaired) electrons. The zero-order chi connectivity index (χ0) is 23.5. The molecule has 3 unspecified atom stereocenters. The molecule has 0 aromatic carbocycles. The molecule has 0 aromatic heterocycles. The van der Waals surface area contributed by atoms with Gasteiger partial charge in [-0.15, -0.1) is 23.4 Å². The molecule has 9 atom stereocenters. The molecule has 2 saturated heterocycles. The van der Waals surface area contributed by atoms with Gasteiger partial charge >= 0.3 is 7.82 Å². The maximum Gasteiger partial charge on any atom is 0.470 e. The summed E-state index contributed by atoms with van der Waals surface area (Å²) in [6.07, 6.45) is -1.37. The average Bonchev–Trinajstić information content (AvgIpc) is 3.03. The summed E-state index contributed by atoms with van der Waals surface area (Å²) >= 11 is 7.38. The number of ether oxygens (including phenoxy) is 1. The van der Waals surface area contributed by atoms with Crippen LogP contribution >= 0.6 is 31.2 Å². The number of hydrogen-bond donors (Lipinski definition) is 5. The summed E-state index contributed by atoms with van der Waals surface area (Å²) in [5.74, 6) is 0.195. The number of thioether (sulfide) groups is 1. The Morgan fingerprint density at radius 2 is 2.03 bits per heavy atom. The lowest BCUT2D eigenvalue weighted by Gasteiger charge is -2.45. The van der Waals surface area contributed by atoms with Crippen LogP contribution in [0.3, 0.4) is 0 Å². The van der Waals surface area contributed by atoms with Crippen molar-refractivity contribution in [1.29, 1.82) is 0 Å². The lowest BCUT2D eigenvalue weighted by atomic mass is 9.92. The molecule has 2 fully saturated rings. The van der Waals surface area contributed by atoms with Crippen molar-refractivity contribution in [2.24, 2.45) is 5.92 Å². The summed E-state index contributed by atoms with van der Waals surface area (Å²) in [4.78, 5) is 33.3. The van der Waals surface area contributed by atoms with Crippen LogP contribution in [0.5, 0.6) is 0 Å².